The maximum atomic E-state index is 13.1. The Morgan fingerprint density at radius 2 is 1.89 bits per heavy atom. The molecule has 0 saturated carbocycles. The van der Waals surface area contributed by atoms with E-state index in [1.807, 2.05) is 18.7 Å². The van der Waals surface area contributed by atoms with E-state index < -0.39 is 36.6 Å². The molecule has 28 heavy (non-hydrogen) atoms. The second-order valence-electron chi connectivity index (χ2n) is 7.70. The maximum Gasteiger partial charge on any atom is 0.390 e. The number of carbonyl (C=O) groups excluding carboxylic acids is 2. The van der Waals surface area contributed by atoms with Crippen molar-refractivity contribution in [2.24, 2.45) is 5.92 Å². The molecule has 3 heterocycles. The van der Waals surface area contributed by atoms with Gasteiger partial charge in [0.1, 0.15) is 17.7 Å². The van der Waals surface area contributed by atoms with Gasteiger partial charge >= 0.3 is 12.2 Å². The van der Waals surface area contributed by atoms with Crippen LogP contribution in [-0.4, -0.2) is 69.6 Å². The van der Waals surface area contributed by atoms with Crippen molar-refractivity contribution in [3.05, 3.63) is 18.6 Å². The van der Waals surface area contributed by atoms with Gasteiger partial charge in [-0.15, -0.1) is 0 Å². The highest BCUT2D eigenvalue weighted by Crippen LogP contribution is 2.39. The van der Waals surface area contributed by atoms with Gasteiger partial charge in [-0.05, 0) is 24.8 Å². The number of rotatable bonds is 5. The van der Waals surface area contributed by atoms with Crippen LogP contribution in [0.15, 0.2) is 18.6 Å². The molecule has 154 valence electrons. The van der Waals surface area contributed by atoms with Crippen LogP contribution in [0.2, 0.25) is 0 Å². The highest BCUT2D eigenvalue weighted by molar-refractivity contribution is 6.07. The number of nitrogens with zero attached hydrogens (tertiary/aromatic N) is 5. The summed E-state index contributed by atoms with van der Waals surface area (Å²) in [6.07, 6.45) is -1.83. The minimum absolute atomic E-state index is 0.0936. The van der Waals surface area contributed by atoms with Gasteiger partial charge in [-0.3, -0.25) is 9.69 Å². The first-order valence-corrected chi connectivity index (χ1v) is 9.35. The predicted molar refractivity (Wildman–Crippen MR) is 95.5 cm³/mol. The normalized spacial score (nSPS) is 20.0. The number of carbonyl (C=O) groups is 2. The van der Waals surface area contributed by atoms with Crippen LogP contribution in [-0.2, 0) is 4.79 Å². The summed E-state index contributed by atoms with van der Waals surface area (Å²) in [6, 6.07) is 1.15. The van der Waals surface area contributed by atoms with E-state index in [1.165, 1.54) is 11.2 Å². The van der Waals surface area contributed by atoms with E-state index in [1.54, 1.807) is 12.3 Å². The van der Waals surface area contributed by atoms with Crippen molar-refractivity contribution in [3.8, 4) is 0 Å². The molecule has 2 aliphatic rings. The van der Waals surface area contributed by atoms with E-state index in [0.29, 0.717) is 32.5 Å². The van der Waals surface area contributed by atoms with E-state index in [0.717, 1.165) is 10.7 Å². The molecular weight excluding hydrogens is 375 g/mol. The highest BCUT2D eigenvalue weighted by atomic mass is 19.4. The summed E-state index contributed by atoms with van der Waals surface area (Å²) in [5.41, 5.74) is -1.07. The SMILES string of the molecule is CC(C)CN1C(=O)N(CCC(F)(F)F)C(=O)C12CCN(c1ccncn1)CC2. The first-order chi connectivity index (χ1) is 13.1. The lowest BCUT2D eigenvalue weighted by atomic mass is 9.85. The van der Waals surface area contributed by atoms with Gasteiger partial charge < -0.3 is 9.80 Å². The van der Waals surface area contributed by atoms with Gasteiger partial charge in [0.2, 0.25) is 0 Å². The largest absolute Gasteiger partial charge is 0.390 e. The molecule has 3 amide bonds. The van der Waals surface area contributed by atoms with Gasteiger partial charge in [0.15, 0.2) is 0 Å². The number of amides is 3. The molecule has 1 aromatic heterocycles. The number of halogens is 3. The van der Waals surface area contributed by atoms with Crippen molar-refractivity contribution < 1.29 is 22.8 Å². The van der Waals surface area contributed by atoms with Crippen LogP contribution in [0.5, 0.6) is 0 Å². The van der Waals surface area contributed by atoms with Crippen molar-refractivity contribution >= 4 is 17.8 Å². The molecule has 0 unspecified atom stereocenters. The number of imide groups is 1. The van der Waals surface area contributed by atoms with Crippen LogP contribution in [0.3, 0.4) is 0 Å². The molecule has 0 aliphatic carbocycles. The molecule has 10 heteroatoms. The Bertz CT molecular complexity index is 718. The van der Waals surface area contributed by atoms with Gasteiger partial charge in [0, 0.05) is 32.4 Å². The molecule has 2 saturated heterocycles. The lowest BCUT2D eigenvalue weighted by Crippen LogP contribution is -2.57. The van der Waals surface area contributed by atoms with E-state index in [2.05, 4.69) is 9.97 Å². The number of alkyl halides is 3. The predicted octanol–water partition coefficient (Wildman–Crippen LogP) is 2.69. The lowest BCUT2D eigenvalue weighted by molar-refractivity contribution is -0.143. The summed E-state index contributed by atoms with van der Waals surface area (Å²) in [5.74, 6) is 0.312. The Morgan fingerprint density at radius 3 is 2.43 bits per heavy atom. The molecule has 7 nitrogen and oxygen atoms in total. The van der Waals surface area contributed by atoms with E-state index in [4.69, 9.17) is 0 Å². The Kier molecular flexibility index (Phi) is 5.49. The third-order valence-electron chi connectivity index (χ3n) is 5.27. The second-order valence-corrected chi connectivity index (χ2v) is 7.70. The highest BCUT2D eigenvalue weighted by Gasteiger charge is 2.58. The molecule has 1 spiro atoms. The summed E-state index contributed by atoms with van der Waals surface area (Å²) in [6.45, 7) is 4.50. The molecule has 0 bridgehead atoms. The molecule has 0 aromatic carbocycles. The fraction of sp³-hybridized carbons (Fsp3) is 0.667. The minimum Gasteiger partial charge on any atom is -0.356 e. The van der Waals surface area contributed by atoms with E-state index in [-0.39, 0.29) is 5.92 Å². The number of urea groups is 1. The standard InChI is InChI=1S/C18H24F3N5O2/c1-13(2)11-26-16(28)25(10-6-18(19,20)21)15(27)17(26)4-8-24(9-5-17)14-3-7-22-12-23-14/h3,7,12-13H,4-6,8-11H2,1-2H3. The first kappa shape index (κ1) is 20.3. The average Bonchev–Trinajstić information content (AvgIpc) is 2.82. The van der Waals surface area contributed by atoms with Crippen LogP contribution in [0.25, 0.3) is 0 Å². The Balaban J connectivity index is 1.81. The van der Waals surface area contributed by atoms with Gasteiger partial charge in [-0.2, -0.15) is 13.2 Å². The Hall–Kier alpha value is -2.39. The number of piperidine rings is 1. The zero-order chi connectivity index (χ0) is 20.5. The zero-order valence-electron chi connectivity index (χ0n) is 15.9. The fourth-order valence-corrected chi connectivity index (χ4v) is 3.90. The summed E-state index contributed by atoms with van der Waals surface area (Å²) in [4.78, 5) is 38.3. The zero-order valence-corrected chi connectivity index (χ0v) is 15.9. The summed E-state index contributed by atoms with van der Waals surface area (Å²) >= 11 is 0. The van der Waals surface area contributed by atoms with E-state index >= 15 is 0 Å². The summed E-state index contributed by atoms with van der Waals surface area (Å²) in [7, 11) is 0. The van der Waals surface area contributed by atoms with Gasteiger partial charge in [-0.1, -0.05) is 13.8 Å². The van der Waals surface area contributed by atoms with Crippen LogP contribution >= 0.6 is 0 Å². The number of anilines is 1. The monoisotopic (exact) mass is 399 g/mol. The Labute approximate surface area is 161 Å². The molecule has 0 atom stereocenters. The number of hydrogen-bond acceptors (Lipinski definition) is 5. The molecular formula is C18H24F3N5O2. The smallest absolute Gasteiger partial charge is 0.356 e. The van der Waals surface area contributed by atoms with Gasteiger partial charge in [0.05, 0.1) is 6.42 Å². The quantitative estimate of drug-likeness (QED) is 0.712. The molecule has 2 fully saturated rings. The summed E-state index contributed by atoms with van der Waals surface area (Å²) < 4.78 is 38.0. The van der Waals surface area contributed by atoms with Gasteiger partial charge in [-0.25, -0.2) is 14.8 Å². The van der Waals surface area contributed by atoms with Crippen molar-refractivity contribution in [2.45, 2.75) is 44.8 Å². The second kappa shape index (κ2) is 7.56. The molecule has 2 aliphatic heterocycles. The van der Waals surface area contributed by atoms with E-state index in [9.17, 15) is 22.8 Å². The van der Waals surface area contributed by atoms with Crippen LogP contribution in [0, 0.1) is 5.92 Å². The lowest BCUT2D eigenvalue weighted by Gasteiger charge is -2.43. The van der Waals surface area contributed by atoms with Crippen molar-refractivity contribution in [1.29, 1.82) is 0 Å². The number of hydrogen-bond donors (Lipinski definition) is 0. The van der Waals surface area contributed by atoms with Crippen molar-refractivity contribution in [1.82, 2.24) is 19.8 Å². The molecule has 1 aromatic rings. The van der Waals surface area contributed by atoms with Crippen LogP contribution in [0.1, 0.15) is 33.1 Å². The van der Waals surface area contributed by atoms with Gasteiger partial charge in [0.25, 0.3) is 5.91 Å². The third kappa shape index (κ3) is 3.90. The minimum atomic E-state index is -4.42. The fourth-order valence-electron chi connectivity index (χ4n) is 3.90. The van der Waals surface area contributed by atoms with Crippen LogP contribution in [0.4, 0.5) is 23.8 Å². The molecule has 0 N–H and O–H groups in total. The molecule has 3 rings (SSSR count). The topological polar surface area (TPSA) is 69.6 Å². The Morgan fingerprint density at radius 1 is 1.21 bits per heavy atom. The average molecular weight is 399 g/mol. The van der Waals surface area contributed by atoms with Crippen molar-refractivity contribution in [2.75, 3.05) is 31.1 Å². The maximum absolute atomic E-state index is 13.1. The van der Waals surface area contributed by atoms with Crippen molar-refractivity contribution in [3.63, 3.8) is 0 Å². The van der Waals surface area contributed by atoms with Crippen LogP contribution < -0.4 is 4.90 Å². The first-order valence-electron chi connectivity index (χ1n) is 9.35. The summed E-state index contributed by atoms with van der Waals surface area (Å²) in [5, 5.41) is 0. The third-order valence-corrected chi connectivity index (χ3v) is 5.27. The molecule has 0 radical (unpaired) electrons. The number of aromatic nitrogens is 2.